The number of nitrogens with one attached hydrogen (secondary N) is 1. The standard InChI is InChI=1S/C10H19N/c1-8(2)10-5-4-6-11-7-9(10)3/h5,8-9,11H,4,6-7H2,1-3H3/t9-/m0/s1. The predicted octanol–water partition coefficient (Wildman–Crippen LogP) is 2.20. The lowest BCUT2D eigenvalue weighted by molar-refractivity contribution is 0.549. The van der Waals surface area contributed by atoms with Gasteiger partial charge in [0, 0.05) is 6.54 Å². The van der Waals surface area contributed by atoms with E-state index >= 15 is 0 Å². The van der Waals surface area contributed by atoms with Gasteiger partial charge in [-0.25, -0.2) is 0 Å². The molecule has 0 aromatic carbocycles. The van der Waals surface area contributed by atoms with Crippen LogP contribution in [0.4, 0.5) is 0 Å². The van der Waals surface area contributed by atoms with Crippen LogP contribution in [0, 0.1) is 11.8 Å². The van der Waals surface area contributed by atoms with Crippen LogP contribution < -0.4 is 5.32 Å². The Balaban J connectivity index is 2.62. The van der Waals surface area contributed by atoms with Gasteiger partial charge in [-0.3, -0.25) is 0 Å². The first-order valence-electron chi connectivity index (χ1n) is 4.62. The molecule has 1 rings (SSSR count). The molecule has 0 aliphatic carbocycles. The van der Waals surface area contributed by atoms with Crippen molar-refractivity contribution in [1.29, 1.82) is 0 Å². The van der Waals surface area contributed by atoms with Gasteiger partial charge in [-0.15, -0.1) is 0 Å². The van der Waals surface area contributed by atoms with Crippen LogP contribution in [0.1, 0.15) is 27.2 Å². The van der Waals surface area contributed by atoms with Gasteiger partial charge in [-0.1, -0.05) is 32.4 Å². The Hall–Kier alpha value is -0.300. The van der Waals surface area contributed by atoms with Crippen LogP contribution in [0.5, 0.6) is 0 Å². The zero-order valence-corrected chi connectivity index (χ0v) is 7.85. The van der Waals surface area contributed by atoms with Crippen molar-refractivity contribution in [2.24, 2.45) is 11.8 Å². The van der Waals surface area contributed by atoms with Gasteiger partial charge in [-0.05, 0) is 24.8 Å². The van der Waals surface area contributed by atoms with Gasteiger partial charge < -0.3 is 5.32 Å². The van der Waals surface area contributed by atoms with Gasteiger partial charge in [-0.2, -0.15) is 0 Å². The third-order valence-electron chi connectivity index (χ3n) is 2.39. The lowest BCUT2D eigenvalue weighted by atomic mass is 9.91. The summed E-state index contributed by atoms with van der Waals surface area (Å²) in [6, 6.07) is 0. The van der Waals surface area contributed by atoms with Gasteiger partial charge in [0.15, 0.2) is 0 Å². The highest BCUT2D eigenvalue weighted by molar-refractivity contribution is 5.10. The molecule has 1 atom stereocenters. The fraction of sp³-hybridized carbons (Fsp3) is 0.800. The van der Waals surface area contributed by atoms with Crippen molar-refractivity contribution in [2.75, 3.05) is 13.1 Å². The van der Waals surface area contributed by atoms with Crippen molar-refractivity contribution in [3.05, 3.63) is 11.6 Å². The summed E-state index contributed by atoms with van der Waals surface area (Å²) in [6.07, 6.45) is 3.62. The highest BCUT2D eigenvalue weighted by Gasteiger charge is 2.13. The van der Waals surface area contributed by atoms with Crippen molar-refractivity contribution in [3.63, 3.8) is 0 Å². The zero-order chi connectivity index (χ0) is 8.27. The fourth-order valence-corrected chi connectivity index (χ4v) is 1.78. The summed E-state index contributed by atoms with van der Waals surface area (Å²) in [4.78, 5) is 0. The lowest BCUT2D eigenvalue weighted by Gasteiger charge is -2.17. The molecule has 0 amide bonds. The third-order valence-corrected chi connectivity index (χ3v) is 2.39. The molecule has 1 nitrogen and oxygen atoms in total. The molecule has 64 valence electrons. The summed E-state index contributed by atoms with van der Waals surface area (Å²) < 4.78 is 0. The molecule has 0 aromatic heterocycles. The Labute approximate surface area is 69.9 Å². The summed E-state index contributed by atoms with van der Waals surface area (Å²) in [7, 11) is 0. The molecule has 0 saturated heterocycles. The van der Waals surface area contributed by atoms with Crippen molar-refractivity contribution < 1.29 is 0 Å². The average Bonchev–Trinajstić information content (AvgIpc) is 2.13. The third kappa shape index (κ3) is 2.33. The number of hydrogen-bond donors (Lipinski definition) is 1. The van der Waals surface area contributed by atoms with E-state index in [0.717, 1.165) is 24.9 Å². The molecule has 0 spiro atoms. The van der Waals surface area contributed by atoms with E-state index in [2.05, 4.69) is 32.2 Å². The second-order valence-corrected chi connectivity index (χ2v) is 3.75. The van der Waals surface area contributed by atoms with Gasteiger partial charge in [0.05, 0.1) is 0 Å². The summed E-state index contributed by atoms with van der Waals surface area (Å²) in [5.74, 6) is 1.46. The first-order chi connectivity index (χ1) is 5.22. The van der Waals surface area contributed by atoms with E-state index in [-0.39, 0.29) is 0 Å². The van der Waals surface area contributed by atoms with Crippen LogP contribution >= 0.6 is 0 Å². The van der Waals surface area contributed by atoms with E-state index < -0.39 is 0 Å². The highest BCUT2D eigenvalue weighted by atomic mass is 14.9. The maximum atomic E-state index is 3.43. The molecular weight excluding hydrogens is 134 g/mol. The van der Waals surface area contributed by atoms with Crippen LogP contribution in [-0.2, 0) is 0 Å². The largest absolute Gasteiger partial charge is 0.316 e. The number of hydrogen-bond acceptors (Lipinski definition) is 1. The molecule has 0 bridgehead atoms. The normalized spacial score (nSPS) is 26.5. The van der Waals surface area contributed by atoms with Crippen LogP contribution in [0.2, 0.25) is 0 Å². The van der Waals surface area contributed by atoms with Crippen LogP contribution in [0.15, 0.2) is 11.6 Å². The van der Waals surface area contributed by atoms with Crippen molar-refractivity contribution >= 4 is 0 Å². The van der Waals surface area contributed by atoms with E-state index in [1.807, 2.05) is 0 Å². The fourth-order valence-electron chi connectivity index (χ4n) is 1.78. The van der Waals surface area contributed by atoms with Gasteiger partial charge in [0.2, 0.25) is 0 Å². The second-order valence-electron chi connectivity index (χ2n) is 3.75. The van der Waals surface area contributed by atoms with E-state index in [1.165, 1.54) is 6.42 Å². The minimum atomic E-state index is 0.727. The van der Waals surface area contributed by atoms with Crippen molar-refractivity contribution in [3.8, 4) is 0 Å². The Morgan fingerprint density at radius 3 is 2.91 bits per heavy atom. The predicted molar refractivity (Wildman–Crippen MR) is 49.6 cm³/mol. The highest BCUT2D eigenvalue weighted by Crippen LogP contribution is 2.21. The quantitative estimate of drug-likeness (QED) is 0.569. The minimum absolute atomic E-state index is 0.727. The molecule has 0 unspecified atom stereocenters. The monoisotopic (exact) mass is 153 g/mol. The first-order valence-corrected chi connectivity index (χ1v) is 4.62. The summed E-state index contributed by atoms with van der Waals surface area (Å²) in [5, 5.41) is 3.43. The van der Waals surface area contributed by atoms with E-state index in [9.17, 15) is 0 Å². The molecule has 0 fully saturated rings. The lowest BCUT2D eigenvalue weighted by Crippen LogP contribution is -2.21. The molecule has 0 aromatic rings. The van der Waals surface area contributed by atoms with Gasteiger partial charge in [0.1, 0.15) is 0 Å². The SMILES string of the molecule is CC(C)C1=CCCNC[C@@H]1C. The Kier molecular flexibility index (Phi) is 3.13. The van der Waals surface area contributed by atoms with Crippen molar-refractivity contribution in [2.45, 2.75) is 27.2 Å². The van der Waals surface area contributed by atoms with Crippen LogP contribution in [0.25, 0.3) is 0 Å². The molecule has 1 heteroatoms. The Morgan fingerprint density at radius 2 is 2.27 bits per heavy atom. The summed E-state index contributed by atoms with van der Waals surface area (Å²) in [6.45, 7) is 9.19. The molecular formula is C10H19N. The molecule has 0 saturated carbocycles. The maximum absolute atomic E-state index is 3.43. The first kappa shape index (κ1) is 8.79. The van der Waals surface area contributed by atoms with Gasteiger partial charge in [0.25, 0.3) is 0 Å². The Bertz CT molecular complexity index is 147. The molecule has 1 aliphatic heterocycles. The van der Waals surface area contributed by atoms with E-state index in [4.69, 9.17) is 0 Å². The van der Waals surface area contributed by atoms with E-state index in [0.29, 0.717) is 0 Å². The smallest absolute Gasteiger partial charge is 0.00144 e. The van der Waals surface area contributed by atoms with Crippen molar-refractivity contribution in [1.82, 2.24) is 5.32 Å². The number of rotatable bonds is 1. The topological polar surface area (TPSA) is 12.0 Å². The van der Waals surface area contributed by atoms with Crippen LogP contribution in [-0.4, -0.2) is 13.1 Å². The summed E-state index contributed by atoms with van der Waals surface area (Å²) in [5.41, 5.74) is 1.63. The molecule has 1 N–H and O–H groups in total. The van der Waals surface area contributed by atoms with E-state index in [1.54, 1.807) is 5.57 Å². The maximum Gasteiger partial charge on any atom is 0.00144 e. The molecule has 0 radical (unpaired) electrons. The molecule has 1 aliphatic rings. The average molecular weight is 153 g/mol. The van der Waals surface area contributed by atoms with Crippen LogP contribution in [0.3, 0.4) is 0 Å². The zero-order valence-electron chi connectivity index (χ0n) is 7.85. The Morgan fingerprint density at radius 1 is 1.55 bits per heavy atom. The molecule has 1 heterocycles. The van der Waals surface area contributed by atoms with Gasteiger partial charge >= 0.3 is 0 Å². The molecule has 11 heavy (non-hydrogen) atoms. The second kappa shape index (κ2) is 3.91. The summed E-state index contributed by atoms with van der Waals surface area (Å²) >= 11 is 0. The minimum Gasteiger partial charge on any atom is -0.316 e.